The molecule has 1 aromatic carbocycles. The lowest BCUT2D eigenvalue weighted by atomic mass is 9.96. The van der Waals surface area contributed by atoms with Gasteiger partial charge in [0.1, 0.15) is 5.75 Å². The first-order valence-electron chi connectivity index (χ1n) is 5.57. The van der Waals surface area contributed by atoms with Gasteiger partial charge in [-0.3, -0.25) is 0 Å². The molecule has 0 saturated carbocycles. The Bertz CT molecular complexity index is 436. The van der Waals surface area contributed by atoms with Gasteiger partial charge in [-0.25, -0.2) is 0 Å². The van der Waals surface area contributed by atoms with E-state index in [1.807, 2.05) is 17.8 Å². The van der Waals surface area contributed by atoms with E-state index in [1.54, 1.807) is 0 Å². The highest BCUT2D eigenvalue weighted by atomic mass is 35.5. The highest BCUT2D eigenvalue weighted by Crippen LogP contribution is 2.43. The van der Waals surface area contributed by atoms with Crippen LogP contribution in [0, 0.1) is 0 Å². The van der Waals surface area contributed by atoms with Gasteiger partial charge in [0.15, 0.2) is 0 Å². The minimum Gasteiger partial charge on any atom is -0.493 e. The van der Waals surface area contributed by atoms with E-state index < -0.39 is 0 Å². The summed E-state index contributed by atoms with van der Waals surface area (Å²) < 4.78 is 5.73. The van der Waals surface area contributed by atoms with Crippen LogP contribution in [0.15, 0.2) is 6.07 Å². The molecule has 2 heterocycles. The molecule has 3 rings (SSSR count). The molecule has 1 atom stereocenters. The van der Waals surface area contributed by atoms with E-state index in [2.05, 4.69) is 0 Å². The molecule has 1 aromatic rings. The van der Waals surface area contributed by atoms with E-state index in [-0.39, 0.29) is 6.04 Å². The number of thioether (sulfide) groups is 1. The molecule has 2 aliphatic rings. The third-order valence-electron chi connectivity index (χ3n) is 3.26. The molecular weight excluding hydrogens is 242 g/mol. The fourth-order valence-electron chi connectivity index (χ4n) is 2.46. The summed E-state index contributed by atoms with van der Waals surface area (Å²) in [5.74, 6) is 3.14. The molecule has 0 fully saturated rings. The summed E-state index contributed by atoms with van der Waals surface area (Å²) in [5, 5.41) is 0.828. The maximum atomic E-state index is 6.35. The highest BCUT2D eigenvalue weighted by Gasteiger charge is 2.26. The molecule has 0 aliphatic carbocycles. The molecule has 0 saturated heterocycles. The zero-order valence-corrected chi connectivity index (χ0v) is 10.5. The molecule has 0 spiro atoms. The predicted molar refractivity (Wildman–Crippen MR) is 68.4 cm³/mol. The maximum Gasteiger partial charge on any atom is 0.127 e. The number of nitrogens with two attached hydrogens (primary N) is 1. The Morgan fingerprint density at radius 2 is 2.38 bits per heavy atom. The van der Waals surface area contributed by atoms with Gasteiger partial charge in [-0.05, 0) is 29.4 Å². The topological polar surface area (TPSA) is 35.2 Å². The first-order valence-corrected chi connectivity index (χ1v) is 7.11. The molecule has 0 bridgehead atoms. The van der Waals surface area contributed by atoms with Gasteiger partial charge in [0.2, 0.25) is 0 Å². The second kappa shape index (κ2) is 4.13. The van der Waals surface area contributed by atoms with Crippen LogP contribution in [0.4, 0.5) is 0 Å². The number of ether oxygens (including phenoxy) is 1. The lowest BCUT2D eigenvalue weighted by molar-refractivity contribution is 0.354. The van der Waals surface area contributed by atoms with E-state index in [4.69, 9.17) is 22.1 Å². The van der Waals surface area contributed by atoms with Crippen LogP contribution in [0.5, 0.6) is 5.75 Å². The normalized spacial score (nSPS) is 23.2. The monoisotopic (exact) mass is 255 g/mol. The molecule has 2 N–H and O–H groups in total. The molecule has 2 nitrogen and oxygen atoms in total. The Morgan fingerprint density at radius 3 is 3.25 bits per heavy atom. The third kappa shape index (κ3) is 1.62. The Morgan fingerprint density at radius 1 is 1.50 bits per heavy atom. The Labute approximate surface area is 104 Å². The number of rotatable bonds is 0. The van der Waals surface area contributed by atoms with Crippen molar-refractivity contribution in [3.63, 3.8) is 0 Å². The summed E-state index contributed by atoms with van der Waals surface area (Å²) in [6, 6.07) is 2.10. The third-order valence-corrected chi connectivity index (χ3v) is 4.59. The molecule has 0 unspecified atom stereocenters. The Kier molecular flexibility index (Phi) is 2.78. The van der Waals surface area contributed by atoms with Crippen LogP contribution in [0.25, 0.3) is 0 Å². The summed E-state index contributed by atoms with van der Waals surface area (Å²) in [6.07, 6.45) is 1.97. The smallest absolute Gasteiger partial charge is 0.127 e. The van der Waals surface area contributed by atoms with Crippen LogP contribution in [-0.4, -0.2) is 12.4 Å². The summed E-state index contributed by atoms with van der Waals surface area (Å²) >= 11 is 8.27. The van der Waals surface area contributed by atoms with Gasteiger partial charge in [-0.2, -0.15) is 11.8 Å². The lowest BCUT2D eigenvalue weighted by Crippen LogP contribution is -2.12. The van der Waals surface area contributed by atoms with Crippen molar-refractivity contribution < 1.29 is 4.74 Å². The Hall–Kier alpha value is -0.380. The van der Waals surface area contributed by atoms with Crippen LogP contribution in [0.3, 0.4) is 0 Å². The highest BCUT2D eigenvalue weighted by molar-refractivity contribution is 7.98. The fraction of sp³-hybridized carbons (Fsp3) is 0.500. The van der Waals surface area contributed by atoms with Gasteiger partial charge >= 0.3 is 0 Å². The zero-order chi connectivity index (χ0) is 11.1. The molecular formula is C12H14ClNOS. The molecule has 4 heteroatoms. The number of hydrogen-bond donors (Lipinski definition) is 1. The van der Waals surface area contributed by atoms with Crippen molar-refractivity contribution in [3.05, 3.63) is 27.8 Å². The van der Waals surface area contributed by atoms with Crippen LogP contribution in [0.2, 0.25) is 5.02 Å². The van der Waals surface area contributed by atoms with Crippen molar-refractivity contribution >= 4 is 23.4 Å². The van der Waals surface area contributed by atoms with Crippen molar-refractivity contribution in [2.24, 2.45) is 5.73 Å². The van der Waals surface area contributed by atoms with Gasteiger partial charge in [-0.1, -0.05) is 11.6 Å². The van der Waals surface area contributed by atoms with Gasteiger partial charge in [0, 0.05) is 28.8 Å². The van der Waals surface area contributed by atoms with Crippen molar-refractivity contribution in [1.82, 2.24) is 0 Å². The van der Waals surface area contributed by atoms with Crippen LogP contribution in [-0.2, 0) is 12.2 Å². The summed E-state index contributed by atoms with van der Waals surface area (Å²) in [7, 11) is 0. The average molecular weight is 256 g/mol. The van der Waals surface area contributed by atoms with Gasteiger partial charge in [0.25, 0.3) is 0 Å². The van der Waals surface area contributed by atoms with E-state index in [9.17, 15) is 0 Å². The standard InChI is InChI=1S/C12H14ClNOS/c13-9-5-7-1-3-15-12(7)8-6-16-4-2-10(14)11(8)9/h5,10H,1-4,6,14H2/t10-/m0/s1. The quantitative estimate of drug-likeness (QED) is 0.774. The van der Waals surface area contributed by atoms with Gasteiger partial charge in [-0.15, -0.1) is 0 Å². The van der Waals surface area contributed by atoms with Crippen molar-refractivity contribution in [3.8, 4) is 5.75 Å². The van der Waals surface area contributed by atoms with E-state index in [1.165, 1.54) is 11.1 Å². The van der Waals surface area contributed by atoms with Crippen molar-refractivity contribution in [1.29, 1.82) is 0 Å². The number of halogens is 1. The van der Waals surface area contributed by atoms with E-state index in [0.717, 1.165) is 47.3 Å². The largest absolute Gasteiger partial charge is 0.493 e. The lowest BCUT2D eigenvalue weighted by Gasteiger charge is -2.17. The minimum atomic E-state index is 0.0620. The summed E-state index contributed by atoms with van der Waals surface area (Å²) in [6.45, 7) is 0.780. The average Bonchev–Trinajstić information content (AvgIpc) is 2.62. The molecule has 2 aliphatic heterocycles. The Balaban J connectivity index is 2.21. The predicted octanol–water partition coefficient (Wildman–Crippen LogP) is 2.91. The molecule has 16 heavy (non-hydrogen) atoms. The van der Waals surface area contributed by atoms with E-state index >= 15 is 0 Å². The minimum absolute atomic E-state index is 0.0620. The van der Waals surface area contributed by atoms with Crippen LogP contribution < -0.4 is 10.5 Å². The zero-order valence-electron chi connectivity index (χ0n) is 8.96. The first kappa shape index (κ1) is 10.8. The summed E-state index contributed by atoms with van der Waals surface area (Å²) in [5.41, 5.74) is 9.80. The van der Waals surface area contributed by atoms with Gasteiger partial charge in [0.05, 0.1) is 6.61 Å². The van der Waals surface area contributed by atoms with Crippen LogP contribution >= 0.6 is 23.4 Å². The molecule has 86 valence electrons. The van der Waals surface area contributed by atoms with Crippen molar-refractivity contribution in [2.75, 3.05) is 12.4 Å². The number of fused-ring (bicyclic) bond motifs is 3. The van der Waals surface area contributed by atoms with Crippen molar-refractivity contribution in [2.45, 2.75) is 24.6 Å². The van der Waals surface area contributed by atoms with E-state index in [0.29, 0.717) is 0 Å². The summed E-state index contributed by atoms with van der Waals surface area (Å²) in [4.78, 5) is 0. The molecule has 0 radical (unpaired) electrons. The molecule has 0 aromatic heterocycles. The molecule has 0 amide bonds. The number of benzene rings is 1. The first-order chi connectivity index (χ1) is 7.77. The number of hydrogen-bond acceptors (Lipinski definition) is 3. The second-order valence-electron chi connectivity index (χ2n) is 4.29. The fourth-order valence-corrected chi connectivity index (χ4v) is 3.90. The maximum absolute atomic E-state index is 6.35. The SMILES string of the molecule is N[C@H]1CCSCc2c3c(cc(Cl)c21)CCO3. The van der Waals surface area contributed by atoms with Gasteiger partial charge < -0.3 is 10.5 Å². The van der Waals surface area contributed by atoms with Crippen LogP contribution in [0.1, 0.15) is 29.2 Å². The second-order valence-corrected chi connectivity index (χ2v) is 5.80.